The number of rotatable bonds is 5. The van der Waals surface area contributed by atoms with Crippen molar-refractivity contribution in [2.24, 2.45) is 7.05 Å². The summed E-state index contributed by atoms with van der Waals surface area (Å²) in [5, 5.41) is 3.64. The highest BCUT2D eigenvalue weighted by molar-refractivity contribution is 5.80. The van der Waals surface area contributed by atoms with Crippen LogP contribution in [0.5, 0.6) is 0 Å². The van der Waals surface area contributed by atoms with Crippen molar-refractivity contribution < 1.29 is 4.79 Å². The lowest BCUT2D eigenvalue weighted by molar-refractivity contribution is -0.121. The number of benzene rings is 1. The molecule has 0 aliphatic rings. The van der Waals surface area contributed by atoms with E-state index in [0.29, 0.717) is 30.2 Å². The van der Waals surface area contributed by atoms with Crippen LogP contribution in [-0.4, -0.2) is 21.3 Å². The van der Waals surface area contributed by atoms with E-state index in [9.17, 15) is 14.4 Å². The average molecular weight is 303 g/mol. The van der Waals surface area contributed by atoms with Gasteiger partial charge >= 0.3 is 0 Å². The Morgan fingerprint density at radius 2 is 1.73 bits per heavy atom. The molecular weight excluding hydrogens is 282 g/mol. The topological polar surface area (TPSA) is 73.1 Å². The molecule has 0 unspecified atom stereocenters. The third-order valence-corrected chi connectivity index (χ3v) is 3.50. The summed E-state index contributed by atoms with van der Waals surface area (Å²) in [5.74, 6) is -0.0474. The van der Waals surface area contributed by atoms with E-state index in [-0.39, 0.29) is 23.1 Å². The molecule has 1 aromatic carbocycles. The van der Waals surface area contributed by atoms with Gasteiger partial charge in [0.05, 0.1) is 10.8 Å². The van der Waals surface area contributed by atoms with E-state index >= 15 is 0 Å². The molecule has 0 radical (unpaired) electrons. The Bertz CT molecular complexity index is 802. The van der Waals surface area contributed by atoms with Crippen molar-refractivity contribution in [3.8, 4) is 0 Å². The highest BCUT2D eigenvalue weighted by Crippen LogP contribution is 2.04. The third kappa shape index (κ3) is 3.27. The number of fused-ring (bicyclic) bond motifs is 1. The number of nitrogens with one attached hydrogen (secondary N) is 1. The zero-order valence-corrected chi connectivity index (χ0v) is 13.1. The smallest absolute Gasteiger partial charge is 0.273 e. The van der Waals surface area contributed by atoms with E-state index in [1.807, 2.05) is 13.8 Å². The Kier molecular flexibility index (Phi) is 4.80. The van der Waals surface area contributed by atoms with Crippen molar-refractivity contribution >= 4 is 16.7 Å². The second-order valence-corrected chi connectivity index (χ2v) is 5.63. The molecule has 22 heavy (non-hydrogen) atoms. The number of hydrogen-bond donors (Lipinski definition) is 1. The maximum atomic E-state index is 12.5. The first-order valence-corrected chi connectivity index (χ1v) is 7.40. The van der Waals surface area contributed by atoms with Gasteiger partial charge in [-0.1, -0.05) is 12.1 Å². The van der Waals surface area contributed by atoms with E-state index < -0.39 is 0 Å². The lowest BCUT2D eigenvalue weighted by atomic mass is 10.2. The maximum Gasteiger partial charge on any atom is 0.273 e. The average Bonchev–Trinajstić information content (AvgIpc) is 2.47. The van der Waals surface area contributed by atoms with Crippen LogP contribution in [0.3, 0.4) is 0 Å². The van der Waals surface area contributed by atoms with Crippen LogP contribution in [-0.2, 0) is 18.4 Å². The third-order valence-electron chi connectivity index (χ3n) is 3.50. The molecular formula is C16H21N3O3. The predicted octanol–water partition coefficient (Wildman–Crippen LogP) is 1.00. The van der Waals surface area contributed by atoms with Gasteiger partial charge in [0.2, 0.25) is 5.91 Å². The van der Waals surface area contributed by atoms with Crippen LogP contribution in [0, 0.1) is 0 Å². The number of hydrogen-bond acceptors (Lipinski definition) is 3. The normalized spacial score (nSPS) is 11.1. The highest BCUT2D eigenvalue weighted by atomic mass is 16.2. The minimum atomic E-state index is -0.207. The molecule has 1 heterocycles. The largest absolute Gasteiger partial charge is 0.354 e. The molecule has 1 amide bonds. The fraction of sp³-hybridized carbons (Fsp3) is 0.438. The van der Waals surface area contributed by atoms with Crippen molar-refractivity contribution in [2.75, 3.05) is 0 Å². The van der Waals surface area contributed by atoms with Gasteiger partial charge in [-0.2, -0.15) is 0 Å². The Balaban J connectivity index is 2.24. The summed E-state index contributed by atoms with van der Waals surface area (Å²) in [4.78, 5) is 36.4. The lowest BCUT2D eigenvalue weighted by Crippen LogP contribution is -2.37. The van der Waals surface area contributed by atoms with Gasteiger partial charge in [0.25, 0.3) is 11.1 Å². The summed E-state index contributed by atoms with van der Waals surface area (Å²) in [7, 11) is 1.57. The first-order chi connectivity index (χ1) is 10.4. The highest BCUT2D eigenvalue weighted by Gasteiger charge is 2.10. The summed E-state index contributed by atoms with van der Waals surface area (Å²) in [5.41, 5.74) is -0.413. The van der Waals surface area contributed by atoms with Crippen molar-refractivity contribution in [1.82, 2.24) is 14.7 Å². The molecule has 118 valence electrons. The van der Waals surface area contributed by atoms with Crippen LogP contribution in [0.4, 0.5) is 0 Å². The summed E-state index contributed by atoms with van der Waals surface area (Å²) < 4.78 is 2.72. The van der Waals surface area contributed by atoms with E-state index in [1.165, 1.54) is 9.36 Å². The summed E-state index contributed by atoms with van der Waals surface area (Å²) in [6, 6.07) is 6.88. The zero-order valence-electron chi connectivity index (χ0n) is 13.1. The number of nitrogens with zero attached hydrogens (tertiary/aromatic N) is 2. The molecule has 0 saturated heterocycles. The number of aromatic nitrogens is 2. The van der Waals surface area contributed by atoms with Crippen LogP contribution in [0.2, 0.25) is 0 Å². The summed E-state index contributed by atoms with van der Waals surface area (Å²) in [6.45, 7) is 4.13. The Morgan fingerprint density at radius 3 is 2.32 bits per heavy atom. The standard InChI is InChI=1S/C16H21N3O3/c1-11(2)17-14(20)9-6-10-19-16(22)13-8-5-4-7-12(13)15(21)18(19)3/h4-5,7-8,11H,6,9-10H2,1-3H3,(H,17,20). The van der Waals surface area contributed by atoms with Crippen molar-refractivity contribution in [2.45, 2.75) is 39.3 Å². The summed E-state index contributed by atoms with van der Waals surface area (Å²) in [6.07, 6.45) is 0.829. The maximum absolute atomic E-state index is 12.5. The van der Waals surface area contributed by atoms with Gasteiger partial charge in [0.15, 0.2) is 0 Å². The molecule has 6 nitrogen and oxygen atoms in total. The minimum Gasteiger partial charge on any atom is -0.354 e. The lowest BCUT2D eigenvalue weighted by Gasteiger charge is -2.13. The summed E-state index contributed by atoms with van der Waals surface area (Å²) >= 11 is 0. The van der Waals surface area contributed by atoms with Gasteiger partial charge in [-0.05, 0) is 32.4 Å². The van der Waals surface area contributed by atoms with Crippen molar-refractivity contribution in [3.05, 3.63) is 45.0 Å². The molecule has 0 atom stereocenters. The fourth-order valence-electron chi connectivity index (χ4n) is 2.45. The van der Waals surface area contributed by atoms with Gasteiger partial charge in [0, 0.05) is 26.1 Å². The molecule has 2 rings (SSSR count). The monoisotopic (exact) mass is 303 g/mol. The van der Waals surface area contributed by atoms with Crippen LogP contribution >= 0.6 is 0 Å². The van der Waals surface area contributed by atoms with Gasteiger partial charge in [-0.15, -0.1) is 0 Å². The molecule has 2 aromatic rings. The first-order valence-electron chi connectivity index (χ1n) is 7.40. The number of carbonyl (C=O) groups excluding carboxylic acids is 1. The van der Waals surface area contributed by atoms with Crippen LogP contribution in [0.15, 0.2) is 33.9 Å². The Morgan fingerprint density at radius 1 is 1.14 bits per heavy atom. The molecule has 0 aliphatic heterocycles. The van der Waals surface area contributed by atoms with Gasteiger partial charge in [-0.3, -0.25) is 19.1 Å². The van der Waals surface area contributed by atoms with Crippen LogP contribution < -0.4 is 16.4 Å². The molecule has 0 spiro atoms. The SMILES string of the molecule is CC(C)NC(=O)CCCn1c(=O)c2ccccc2c(=O)n1C. The van der Waals surface area contributed by atoms with Crippen molar-refractivity contribution in [1.29, 1.82) is 0 Å². The van der Waals surface area contributed by atoms with Crippen LogP contribution in [0.1, 0.15) is 26.7 Å². The van der Waals surface area contributed by atoms with Crippen LogP contribution in [0.25, 0.3) is 10.8 Å². The molecule has 1 N–H and O–H groups in total. The molecule has 0 saturated carbocycles. The number of carbonyl (C=O) groups is 1. The van der Waals surface area contributed by atoms with Gasteiger partial charge in [0.1, 0.15) is 0 Å². The number of amides is 1. The van der Waals surface area contributed by atoms with Crippen molar-refractivity contribution in [3.63, 3.8) is 0 Å². The molecule has 6 heteroatoms. The molecule has 0 bridgehead atoms. The Labute approximate surface area is 128 Å². The van der Waals surface area contributed by atoms with Gasteiger partial charge in [-0.25, -0.2) is 4.68 Å². The zero-order chi connectivity index (χ0) is 16.3. The first kappa shape index (κ1) is 16.0. The second kappa shape index (κ2) is 6.60. The predicted molar refractivity (Wildman–Crippen MR) is 86.0 cm³/mol. The van der Waals surface area contributed by atoms with E-state index in [0.717, 1.165) is 0 Å². The second-order valence-electron chi connectivity index (χ2n) is 5.63. The van der Waals surface area contributed by atoms with E-state index in [2.05, 4.69) is 5.32 Å². The minimum absolute atomic E-state index is 0.0474. The van der Waals surface area contributed by atoms with E-state index in [1.54, 1.807) is 31.3 Å². The van der Waals surface area contributed by atoms with Gasteiger partial charge < -0.3 is 5.32 Å². The van der Waals surface area contributed by atoms with E-state index in [4.69, 9.17) is 0 Å². The fourth-order valence-corrected chi connectivity index (χ4v) is 2.45. The quantitative estimate of drug-likeness (QED) is 0.896. The molecule has 0 aliphatic carbocycles. The molecule has 0 fully saturated rings. The molecule has 1 aromatic heterocycles. The Hall–Kier alpha value is -2.37.